The molecule has 2 rings (SSSR count). The van der Waals surface area contributed by atoms with Gasteiger partial charge in [-0.05, 0) is 24.6 Å². The molecule has 1 heterocycles. The van der Waals surface area contributed by atoms with Crippen molar-refractivity contribution in [2.45, 2.75) is 18.2 Å². The molecule has 1 amide bonds. The molecule has 1 aromatic heterocycles. The van der Waals surface area contributed by atoms with Crippen LogP contribution in [0.15, 0.2) is 22.5 Å². The molecule has 8 nitrogen and oxygen atoms in total. The van der Waals surface area contributed by atoms with E-state index in [4.69, 9.17) is 5.73 Å². The molecule has 10 heteroatoms. The van der Waals surface area contributed by atoms with Crippen LogP contribution in [0.3, 0.4) is 0 Å². The number of hydrogen-bond donors (Lipinski definition) is 3. The van der Waals surface area contributed by atoms with Gasteiger partial charge in [-0.3, -0.25) is 9.52 Å². The van der Waals surface area contributed by atoms with Gasteiger partial charge in [0.15, 0.2) is 0 Å². The van der Waals surface area contributed by atoms with Crippen molar-refractivity contribution in [3.8, 4) is 0 Å². The van der Waals surface area contributed by atoms with Crippen LogP contribution in [0.5, 0.6) is 0 Å². The highest BCUT2D eigenvalue weighted by Crippen LogP contribution is 2.26. The maximum Gasteiger partial charge on any atom is 0.291 e. The van der Waals surface area contributed by atoms with Gasteiger partial charge in [0.05, 0.1) is 5.69 Å². The number of nitrogens with zero attached hydrogens (tertiary/aromatic N) is 2. The number of benzene rings is 1. The molecule has 0 saturated heterocycles. The summed E-state index contributed by atoms with van der Waals surface area (Å²) >= 11 is 0.762. The van der Waals surface area contributed by atoms with Crippen LogP contribution in [-0.4, -0.2) is 24.5 Å². The molecule has 0 radical (unpaired) electrons. The zero-order chi connectivity index (χ0) is 15.6. The Bertz CT molecular complexity index is 785. The van der Waals surface area contributed by atoms with Gasteiger partial charge in [-0.15, -0.1) is 10.2 Å². The highest BCUT2D eigenvalue weighted by molar-refractivity contribution is 7.94. The zero-order valence-corrected chi connectivity index (χ0v) is 12.9. The smallest absolute Gasteiger partial charge is 0.291 e. The first-order valence-corrected chi connectivity index (χ1v) is 8.08. The first-order chi connectivity index (χ1) is 9.79. The number of carbonyl (C=O) groups excluding carboxylic acids is 1. The third kappa shape index (κ3) is 3.47. The standard InChI is InChI=1S/C11H13N5O3S2/c1-6-8(12)4-3-5-9(6)16-21(18,19)11-15-14-10(20-11)13-7(2)17/h3-5,16H,12H2,1-2H3,(H,13,14,17). The van der Waals surface area contributed by atoms with Crippen LogP contribution < -0.4 is 15.8 Å². The highest BCUT2D eigenvalue weighted by Gasteiger charge is 2.21. The largest absolute Gasteiger partial charge is 0.398 e. The van der Waals surface area contributed by atoms with Crippen molar-refractivity contribution in [1.82, 2.24) is 10.2 Å². The minimum atomic E-state index is -3.88. The molecule has 21 heavy (non-hydrogen) atoms. The van der Waals surface area contributed by atoms with E-state index in [1.807, 2.05) is 0 Å². The number of amides is 1. The molecule has 0 fully saturated rings. The molecule has 0 atom stereocenters. The van der Waals surface area contributed by atoms with Crippen LogP contribution in [0.2, 0.25) is 0 Å². The fraction of sp³-hybridized carbons (Fsp3) is 0.182. The Hall–Kier alpha value is -2.20. The summed E-state index contributed by atoms with van der Waals surface area (Å²) in [6.07, 6.45) is 0. The van der Waals surface area contributed by atoms with Crippen LogP contribution in [-0.2, 0) is 14.8 Å². The monoisotopic (exact) mass is 327 g/mol. The molecular weight excluding hydrogens is 314 g/mol. The minimum absolute atomic E-state index is 0.118. The average Bonchev–Trinajstić information content (AvgIpc) is 2.83. The second-order valence-electron chi connectivity index (χ2n) is 4.18. The van der Waals surface area contributed by atoms with Gasteiger partial charge in [-0.25, -0.2) is 0 Å². The SMILES string of the molecule is CC(=O)Nc1nnc(S(=O)(=O)Nc2cccc(N)c2C)s1. The van der Waals surface area contributed by atoms with Crippen molar-refractivity contribution in [1.29, 1.82) is 0 Å². The van der Waals surface area contributed by atoms with Gasteiger partial charge in [0.25, 0.3) is 14.4 Å². The van der Waals surface area contributed by atoms with E-state index >= 15 is 0 Å². The molecule has 1 aromatic carbocycles. The molecule has 0 aliphatic carbocycles. The van der Waals surface area contributed by atoms with Gasteiger partial charge >= 0.3 is 0 Å². The van der Waals surface area contributed by atoms with E-state index in [1.165, 1.54) is 6.92 Å². The Labute approximate surface area is 125 Å². The van der Waals surface area contributed by atoms with Crippen molar-refractivity contribution in [2.75, 3.05) is 15.8 Å². The number of carbonyl (C=O) groups is 1. The predicted octanol–water partition coefficient (Wildman–Crippen LogP) is 1.19. The van der Waals surface area contributed by atoms with Gasteiger partial charge < -0.3 is 11.1 Å². The first kappa shape index (κ1) is 15.2. The van der Waals surface area contributed by atoms with Crippen LogP contribution in [0.1, 0.15) is 12.5 Å². The number of hydrogen-bond acceptors (Lipinski definition) is 7. The van der Waals surface area contributed by atoms with E-state index in [2.05, 4.69) is 20.2 Å². The van der Waals surface area contributed by atoms with Gasteiger partial charge in [-0.2, -0.15) is 8.42 Å². The fourth-order valence-electron chi connectivity index (χ4n) is 1.47. The van der Waals surface area contributed by atoms with E-state index in [0.29, 0.717) is 16.9 Å². The molecule has 0 bridgehead atoms. The molecule has 0 aliphatic rings. The highest BCUT2D eigenvalue weighted by atomic mass is 32.2. The fourth-order valence-corrected chi connectivity index (χ4v) is 3.54. The topological polar surface area (TPSA) is 127 Å². The summed E-state index contributed by atoms with van der Waals surface area (Å²) in [4.78, 5) is 10.9. The predicted molar refractivity (Wildman–Crippen MR) is 80.6 cm³/mol. The number of aromatic nitrogens is 2. The van der Waals surface area contributed by atoms with Crippen molar-refractivity contribution >= 4 is 43.8 Å². The lowest BCUT2D eigenvalue weighted by molar-refractivity contribution is -0.114. The van der Waals surface area contributed by atoms with Crippen molar-refractivity contribution in [2.24, 2.45) is 0 Å². The summed E-state index contributed by atoms with van der Waals surface area (Å²) in [5.41, 5.74) is 7.19. The molecule has 0 aliphatic heterocycles. The number of rotatable bonds is 4. The van der Waals surface area contributed by atoms with E-state index in [9.17, 15) is 13.2 Å². The Morgan fingerprint density at radius 3 is 2.71 bits per heavy atom. The van der Waals surface area contributed by atoms with Crippen LogP contribution in [0.4, 0.5) is 16.5 Å². The third-order valence-corrected chi connectivity index (χ3v) is 5.11. The number of nitrogens with one attached hydrogen (secondary N) is 2. The lowest BCUT2D eigenvalue weighted by Crippen LogP contribution is -2.14. The normalized spacial score (nSPS) is 11.1. The van der Waals surface area contributed by atoms with E-state index in [-0.39, 0.29) is 15.4 Å². The average molecular weight is 327 g/mol. The van der Waals surface area contributed by atoms with E-state index in [0.717, 1.165) is 11.3 Å². The summed E-state index contributed by atoms with van der Waals surface area (Å²) in [5.74, 6) is -0.352. The minimum Gasteiger partial charge on any atom is -0.398 e. The van der Waals surface area contributed by atoms with Crippen LogP contribution in [0, 0.1) is 6.92 Å². The van der Waals surface area contributed by atoms with Crippen LogP contribution >= 0.6 is 11.3 Å². The number of anilines is 3. The van der Waals surface area contributed by atoms with Gasteiger partial charge in [0.1, 0.15) is 0 Å². The molecule has 2 aromatic rings. The number of nitrogens with two attached hydrogens (primary N) is 1. The Morgan fingerprint density at radius 1 is 1.33 bits per heavy atom. The Morgan fingerprint density at radius 2 is 2.05 bits per heavy atom. The van der Waals surface area contributed by atoms with Crippen LogP contribution in [0.25, 0.3) is 0 Å². The molecule has 112 valence electrons. The molecule has 0 spiro atoms. The summed E-state index contributed by atoms with van der Waals surface area (Å²) < 4.78 is 26.6. The number of nitrogen functional groups attached to an aromatic ring is 1. The molecule has 4 N–H and O–H groups in total. The van der Waals surface area contributed by atoms with Crippen molar-refractivity contribution in [3.05, 3.63) is 23.8 Å². The quantitative estimate of drug-likeness (QED) is 0.572. The van der Waals surface area contributed by atoms with E-state index in [1.54, 1.807) is 25.1 Å². The summed E-state index contributed by atoms with van der Waals surface area (Å²) in [5, 5.41) is 9.65. The first-order valence-electron chi connectivity index (χ1n) is 5.78. The zero-order valence-electron chi connectivity index (χ0n) is 11.2. The molecular formula is C11H13N5O3S2. The lowest BCUT2D eigenvalue weighted by Gasteiger charge is -2.09. The van der Waals surface area contributed by atoms with E-state index < -0.39 is 10.0 Å². The molecule has 0 saturated carbocycles. The second-order valence-corrected chi connectivity index (χ2v) is 7.01. The summed E-state index contributed by atoms with van der Waals surface area (Å²) in [6, 6.07) is 4.91. The maximum absolute atomic E-state index is 12.2. The third-order valence-electron chi connectivity index (χ3n) is 2.54. The van der Waals surface area contributed by atoms with Gasteiger partial charge in [0.2, 0.25) is 11.0 Å². The lowest BCUT2D eigenvalue weighted by atomic mass is 10.2. The van der Waals surface area contributed by atoms with Crippen molar-refractivity contribution < 1.29 is 13.2 Å². The second kappa shape index (κ2) is 5.66. The maximum atomic E-state index is 12.2. The molecule has 0 unspecified atom stereocenters. The summed E-state index contributed by atoms with van der Waals surface area (Å²) in [6.45, 7) is 3.00. The number of sulfonamides is 1. The van der Waals surface area contributed by atoms with Crippen molar-refractivity contribution in [3.63, 3.8) is 0 Å². The van der Waals surface area contributed by atoms with Gasteiger partial charge in [0, 0.05) is 12.6 Å². The Kier molecular flexibility index (Phi) is 4.09. The summed E-state index contributed by atoms with van der Waals surface area (Å²) in [7, 11) is -3.88. The van der Waals surface area contributed by atoms with Gasteiger partial charge in [-0.1, -0.05) is 17.4 Å². The Balaban J connectivity index is 2.28.